The van der Waals surface area contributed by atoms with Crippen LogP contribution in [-0.4, -0.2) is 11.6 Å². The van der Waals surface area contributed by atoms with Gasteiger partial charge >= 0.3 is 0 Å². The van der Waals surface area contributed by atoms with Gasteiger partial charge in [0.15, 0.2) is 17.4 Å². The van der Waals surface area contributed by atoms with E-state index in [2.05, 4.69) is 0 Å². The van der Waals surface area contributed by atoms with Crippen molar-refractivity contribution in [3.8, 4) is 0 Å². The van der Waals surface area contributed by atoms with Crippen molar-refractivity contribution >= 4 is 11.6 Å². The van der Waals surface area contributed by atoms with Crippen LogP contribution < -0.4 is 5.73 Å². The normalized spacial score (nSPS) is 19.4. The van der Waals surface area contributed by atoms with Crippen LogP contribution in [0.15, 0.2) is 71.3 Å². The van der Waals surface area contributed by atoms with Crippen molar-refractivity contribution in [2.45, 2.75) is 39.0 Å². The lowest BCUT2D eigenvalue weighted by Crippen LogP contribution is -2.30. The van der Waals surface area contributed by atoms with Gasteiger partial charge in [-0.2, -0.15) is 0 Å². The third-order valence-electron chi connectivity index (χ3n) is 5.45. The number of hydrogen-bond donors (Lipinski definition) is 1. The molecule has 1 heterocycles. The van der Waals surface area contributed by atoms with Crippen LogP contribution in [0, 0.1) is 13.8 Å². The molecule has 28 heavy (non-hydrogen) atoms. The molecular weight excluding hydrogens is 350 g/mol. The van der Waals surface area contributed by atoms with Crippen molar-refractivity contribution in [1.29, 1.82) is 0 Å². The number of allylic oxidation sites excluding steroid dienone is 3. The second-order valence-electron chi connectivity index (χ2n) is 7.53. The molecule has 142 valence electrons. The average Bonchev–Trinajstić information content (AvgIpc) is 2.68. The van der Waals surface area contributed by atoms with Gasteiger partial charge in [-0.3, -0.25) is 9.59 Å². The van der Waals surface area contributed by atoms with E-state index in [1.54, 1.807) is 12.1 Å². The monoisotopic (exact) mass is 373 g/mol. The highest BCUT2D eigenvalue weighted by atomic mass is 16.5. The number of benzene rings is 2. The van der Waals surface area contributed by atoms with Gasteiger partial charge in [-0.1, -0.05) is 59.7 Å². The Balaban J connectivity index is 1.87. The first-order chi connectivity index (χ1) is 13.5. The molecule has 0 saturated heterocycles. The highest BCUT2D eigenvalue weighted by molar-refractivity contribution is 6.12. The SMILES string of the molecule is Cc1ccc(C(=O)C2=C(N)OC3=C(C(=O)CCC3)[C@H]2c2ccc(C)cc2)cc1. The van der Waals surface area contributed by atoms with Crippen molar-refractivity contribution in [1.82, 2.24) is 0 Å². The molecular formula is C24H23NO3. The zero-order chi connectivity index (χ0) is 19.8. The van der Waals surface area contributed by atoms with Crippen molar-refractivity contribution < 1.29 is 14.3 Å². The molecule has 0 spiro atoms. The Hall–Kier alpha value is -3.14. The summed E-state index contributed by atoms with van der Waals surface area (Å²) in [5, 5.41) is 0. The van der Waals surface area contributed by atoms with E-state index in [1.807, 2.05) is 50.2 Å². The Labute approximate surface area is 164 Å². The van der Waals surface area contributed by atoms with Gasteiger partial charge < -0.3 is 10.5 Å². The Bertz CT molecular complexity index is 1010. The molecule has 0 fully saturated rings. The Kier molecular flexibility index (Phi) is 4.63. The maximum absolute atomic E-state index is 13.4. The molecule has 0 aromatic heterocycles. The molecule has 0 amide bonds. The minimum atomic E-state index is -0.494. The maximum atomic E-state index is 13.4. The molecule has 0 saturated carbocycles. The largest absolute Gasteiger partial charge is 0.445 e. The molecule has 4 heteroatoms. The van der Waals surface area contributed by atoms with E-state index >= 15 is 0 Å². The summed E-state index contributed by atoms with van der Waals surface area (Å²) in [5.41, 5.74) is 10.8. The second-order valence-corrected chi connectivity index (χ2v) is 7.53. The van der Waals surface area contributed by atoms with Crippen LogP contribution in [0.2, 0.25) is 0 Å². The molecule has 2 N–H and O–H groups in total. The van der Waals surface area contributed by atoms with Crippen LogP contribution in [0.1, 0.15) is 52.2 Å². The molecule has 4 rings (SSSR count). The van der Waals surface area contributed by atoms with Crippen LogP contribution in [-0.2, 0) is 9.53 Å². The summed E-state index contributed by atoms with van der Waals surface area (Å²) in [6.45, 7) is 3.98. The Morgan fingerprint density at radius 2 is 1.57 bits per heavy atom. The maximum Gasteiger partial charge on any atom is 0.198 e. The van der Waals surface area contributed by atoms with Crippen LogP contribution in [0.5, 0.6) is 0 Å². The van der Waals surface area contributed by atoms with E-state index in [0.717, 1.165) is 23.1 Å². The Morgan fingerprint density at radius 1 is 0.964 bits per heavy atom. The van der Waals surface area contributed by atoms with E-state index in [0.29, 0.717) is 35.3 Å². The number of nitrogens with two attached hydrogens (primary N) is 1. The van der Waals surface area contributed by atoms with Gasteiger partial charge in [0.1, 0.15) is 5.76 Å². The lowest BCUT2D eigenvalue weighted by molar-refractivity contribution is -0.116. The number of Topliss-reactive ketones (excluding diaryl/α,β-unsaturated/α-hetero) is 2. The first kappa shape index (κ1) is 18.2. The third kappa shape index (κ3) is 3.15. The Morgan fingerprint density at radius 3 is 2.21 bits per heavy atom. The van der Waals surface area contributed by atoms with Crippen molar-refractivity contribution in [3.63, 3.8) is 0 Å². The number of ketones is 2. The summed E-state index contributed by atoms with van der Waals surface area (Å²) in [6.07, 6.45) is 1.87. The summed E-state index contributed by atoms with van der Waals surface area (Å²) in [6, 6.07) is 15.3. The number of aryl methyl sites for hydroxylation is 2. The minimum Gasteiger partial charge on any atom is -0.445 e. The number of hydrogen-bond acceptors (Lipinski definition) is 4. The standard InChI is InChI=1S/C24H23NO3/c1-14-6-10-16(11-7-14)20-21-18(26)4-3-5-19(21)28-24(25)22(20)23(27)17-12-8-15(2)9-13-17/h6-13,20H,3-5,25H2,1-2H3/t20-/m1/s1. The van der Waals surface area contributed by atoms with Gasteiger partial charge in [0.25, 0.3) is 0 Å². The highest BCUT2D eigenvalue weighted by Crippen LogP contribution is 2.44. The first-order valence-electron chi connectivity index (χ1n) is 9.57. The van der Waals surface area contributed by atoms with Gasteiger partial charge in [-0.15, -0.1) is 0 Å². The van der Waals surface area contributed by atoms with Crippen molar-refractivity contribution in [2.24, 2.45) is 5.73 Å². The first-order valence-corrected chi connectivity index (χ1v) is 9.57. The second kappa shape index (κ2) is 7.12. The molecule has 2 aliphatic rings. The highest BCUT2D eigenvalue weighted by Gasteiger charge is 2.40. The zero-order valence-electron chi connectivity index (χ0n) is 16.1. The fourth-order valence-electron chi connectivity index (χ4n) is 3.93. The van der Waals surface area contributed by atoms with Crippen LogP contribution >= 0.6 is 0 Å². The number of rotatable bonds is 3. The summed E-state index contributed by atoms with van der Waals surface area (Å²) in [4.78, 5) is 26.2. The quantitative estimate of drug-likeness (QED) is 0.806. The fourth-order valence-corrected chi connectivity index (χ4v) is 3.93. The zero-order valence-corrected chi connectivity index (χ0v) is 16.1. The van der Waals surface area contributed by atoms with E-state index in [1.165, 1.54) is 0 Å². The van der Waals surface area contributed by atoms with E-state index < -0.39 is 5.92 Å². The van der Waals surface area contributed by atoms with Crippen LogP contribution in [0.4, 0.5) is 0 Å². The summed E-state index contributed by atoms with van der Waals surface area (Å²) >= 11 is 0. The predicted molar refractivity (Wildman–Crippen MR) is 108 cm³/mol. The van der Waals surface area contributed by atoms with Gasteiger partial charge in [0.05, 0.1) is 11.5 Å². The number of carbonyl (C=O) groups excluding carboxylic acids is 2. The van der Waals surface area contributed by atoms with E-state index in [-0.39, 0.29) is 17.4 Å². The average molecular weight is 373 g/mol. The van der Waals surface area contributed by atoms with Gasteiger partial charge in [-0.05, 0) is 25.8 Å². The molecule has 0 unspecified atom stereocenters. The third-order valence-corrected chi connectivity index (χ3v) is 5.45. The van der Waals surface area contributed by atoms with Crippen LogP contribution in [0.25, 0.3) is 0 Å². The molecule has 0 bridgehead atoms. The van der Waals surface area contributed by atoms with E-state index in [9.17, 15) is 9.59 Å². The number of carbonyl (C=O) groups is 2. The van der Waals surface area contributed by atoms with E-state index in [4.69, 9.17) is 10.5 Å². The molecule has 2 aromatic carbocycles. The van der Waals surface area contributed by atoms with Crippen molar-refractivity contribution in [3.05, 3.63) is 93.6 Å². The minimum absolute atomic E-state index is 0.0357. The van der Waals surface area contributed by atoms with Crippen LogP contribution in [0.3, 0.4) is 0 Å². The van der Waals surface area contributed by atoms with Gasteiger partial charge in [-0.25, -0.2) is 0 Å². The molecule has 2 aromatic rings. The lowest BCUT2D eigenvalue weighted by atomic mass is 9.75. The molecule has 4 nitrogen and oxygen atoms in total. The predicted octanol–water partition coefficient (Wildman–Crippen LogP) is 4.48. The summed E-state index contributed by atoms with van der Waals surface area (Å²) < 4.78 is 5.81. The van der Waals surface area contributed by atoms with Gasteiger partial charge in [0.2, 0.25) is 0 Å². The summed E-state index contributed by atoms with van der Waals surface area (Å²) in [5.74, 6) is 0.0527. The topological polar surface area (TPSA) is 69.4 Å². The smallest absolute Gasteiger partial charge is 0.198 e. The lowest BCUT2D eigenvalue weighted by Gasteiger charge is -2.33. The summed E-state index contributed by atoms with van der Waals surface area (Å²) in [7, 11) is 0. The fraction of sp³-hybridized carbons (Fsp3) is 0.250. The molecule has 1 aliphatic carbocycles. The number of ether oxygens (including phenoxy) is 1. The molecule has 1 atom stereocenters. The van der Waals surface area contributed by atoms with Gasteiger partial charge in [0, 0.05) is 24.0 Å². The molecule has 0 radical (unpaired) electrons. The molecule has 1 aliphatic heterocycles. The van der Waals surface area contributed by atoms with Crippen molar-refractivity contribution in [2.75, 3.05) is 0 Å².